The largest absolute Gasteiger partial charge is 0.464 e. The van der Waals surface area contributed by atoms with Gasteiger partial charge in [0.1, 0.15) is 5.69 Å². The van der Waals surface area contributed by atoms with E-state index in [0.29, 0.717) is 36.3 Å². The summed E-state index contributed by atoms with van der Waals surface area (Å²) < 4.78 is 6.70. The van der Waals surface area contributed by atoms with Crippen LogP contribution in [0.25, 0.3) is 0 Å². The fraction of sp³-hybridized carbons (Fsp3) is 0.458. The molecule has 0 aliphatic heterocycles. The zero-order chi connectivity index (χ0) is 22.4. The Morgan fingerprint density at radius 3 is 2.20 bits per heavy atom. The maximum absolute atomic E-state index is 13.2. The summed E-state index contributed by atoms with van der Waals surface area (Å²) in [4.78, 5) is 40.3. The number of esters is 1. The van der Waals surface area contributed by atoms with E-state index in [1.165, 1.54) is 7.11 Å². The van der Waals surface area contributed by atoms with Crippen LogP contribution in [-0.2, 0) is 16.1 Å². The highest BCUT2D eigenvalue weighted by Gasteiger charge is 2.29. The molecule has 0 N–H and O–H groups in total. The Balaban J connectivity index is 2.34. The number of carbonyl (C=O) groups excluding carboxylic acids is 3. The van der Waals surface area contributed by atoms with Crippen LogP contribution in [0.5, 0.6) is 0 Å². The van der Waals surface area contributed by atoms with Crippen molar-refractivity contribution in [2.75, 3.05) is 20.2 Å². The third kappa shape index (κ3) is 4.48. The van der Waals surface area contributed by atoms with Gasteiger partial charge >= 0.3 is 5.97 Å². The summed E-state index contributed by atoms with van der Waals surface area (Å²) in [5.41, 5.74) is 3.17. The first kappa shape index (κ1) is 23.4. The molecule has 30 heavy (non-hydrogen) atoms. The Hall–Kier alpha value is -2.89. The second-order valence-corrected chi connectivity index (χ2v) is 7.32. The van der Waals surface area contributed by atoms with Gasteiger partial charge in [0.15, 0.2) is 5.78 Å². The molecular weight excluding hydrogens is 380 g/mol. The maximum atomic E-state index is 13.2. The van der Waals surface area contributed by atoms with E-state index in [1.54, 1.807) is 16.4 Å². The molecule has 0 spiro atoms. The highest BCUT2D eigenvalue weighted by molar-refractivity contribution is 6.05. The number of ether oxygens (including phenoxy) is 1. The Morgan fingerprint density at radius 2 is 1.70 bits per heavy atom. The van der Waals surface area contributed by atoms with E-state index in [-0.39, 0.29) is 24.2 Å². The van der Waals surface area contributed by atoms with E-state index < -0.39 is 5.97 Å². The van der Waals surface area contributed by atoms with Crippen molar-refractivity contribution in [2.24, 2.45) is 0 Å². The van der Waals surface area contributed by atoms with Gasteiger partial charge in [-0.15, -0.1) is 0 Å². The monoisotopic (exact) mass is 412 g/mol. The highest BCUT2D eigenvalue weighted by Crippen LogP contribution is 2.26. The smallest absolute Gasteiger partial charge is 0.354 e. The lowest BCUT2D eigenvalue weighted by Gasteiger charge is -2.25. The van der Waals surface area contributed by atoms with E-state index in [4.69, 9.17) is 4.74 Å². The van der Waals surface area contributed by atoms with Crippen LogP contribution in [0.2, 0.25) is 0 Å². The van der Waals surface area contributed by atoms with Crippen LogP contribution >= 0.6 is 0 Å². The fourth-order valence-electron chi connectivity index (χ4n) is 4.12. The molecule has 0 saturated heterocycles. The van der Waals surface area contributed by atoms with Crippen molar-refractivity contribution < 1.29 is 19.1 Å². The quantitative estimate of drug-likeness (QED) is 0.459. The topological polar surface area (TPSA) is 68.6 Å². The summed E-state index contributed by atoms with van der Waals surface area (Å²) in [6, 6.07) is 9.65. The summed E-state index contributed by atoms with van der Waals surface area (Å²) in [5, 5.41) is 0. The lowest BCUT2D eigenvalue weighted by Crippen LogP contribution is -2.39. The van der Waals surface area contributed by atoms with E-state index in [2.05, 4.69) is 0 Å². The predicted octanol–water partition coefficient (Wildman–Crippen LogP) is 4.14. The molecule has 0 fully saturated rings. The third-order valence-corrected chi connectivity index (χ3v) is 5.68. The van der Waals surface area contributed by atoms with Gasteiger partial charge in [-0.2, -0.15) is 0 Å². The predicted molar refractivity (Wildman–Crippen MR) is 117 cm³/mol. The maximum Gasteiger partial charge on any atom is 0.354 e. The number of aromatic nitrogens is 1. The SMILES string of the molecule is CC[C@H](C(=O)N(CC)CC(=O)c1c(C)c(C(=O)OC)n(CC)c1C)c1ccccc1. The van der Waals surface area contributed by atoms with Crippen molar-refractivity contribution in [1.29, 1.82) is 0 Å². The molecule has 0 unspecified atom stereocenters. The number of ketones is 1. The third-order valence-electron chi connectivity index (χ3n) is 5.68. The average Bonchev–Trinajstić information content (AvgIpc) is 3.01. The molecule has 2 aromatic rings. The number of likely N-dealkylation sites (N-methyl/N-ethyl adjacent to an activating group) is 1. The zero-order valence-corrected chi connectivity index (χ0v) is 18.8. The molecule has 162 valence electrons. The van der Waals surface area contributed by atoms with E-state index >= 15 is 0 Å². The molecule has 1 atom stereocenters. The lowest BCUT2D eigenvalue weighted by molar-refractivity contribution is -0.132. The molecule has 6 heteroatoms. The summed E-state index contributed by atoms with van der Waals surface area (Å²) >= 11 is 0. The first-order valence-electron chi connectivity index (χ1n) is 10.5. The van der Waals surface area contributed by atoms with Crippen molar-refractivity contribution in [3.05, 3.63) is 58.4 Å². The number of nitrogens with zero attached hydrogens (tertiary/aromatic N) is 2. The number of benzene rings is 1. The molecule has 0 aliphatic carbocycles. The van der Waals surface area contributed by atoms with Crippen molar-refractivity contribution in [3.8, 4) is 0 Å². The van der Waals surface area contributed by atoms with Gasteiger partial charge in [0.2, 0.25) is 5.91 Å². The Labute approximate surface area is 178 Å². The normalized spacial score (nSPS) is 11.8. The minimum absolute atomic E-state index is 0.0192. The Bertz CT molecular complexity index is 915. The highest BCUT2D eigenvalue weighted by atomic mass is 16.5. The van der Waals surface area contributed by atoms with Crippen LogP contribution in [0, 0.1) is 13.8 Å². The number of hydrogen-bond donors (Lipinski definition) is 0. The van der Waals surface area contributed by atoms with Crippen molar-refractivity contribution in [3.63, 3.8) is 0 Å². The molecule has 0 saturated carbocycles. The summed E-state index contributed by atoms with van der Waals surface area (Å²) in [7, 11) is 1.33. The second kappa shape index (κ2) is 10.2. The first-order chi connectivity index (χ1) is 14.3. The molecule has 0 aliphatic rings. The molecule has 0 radical (unpaired) electrons. The van der Waals surface area contributed by atoms with Gasteiger partial charge in [-0.3, -0.25) is 9.59 Å². The molecule has 6 nitrogen and oxygen atoms in total. The van der Waals surface area contributed by atoms with E-state index in [9.17, 15) is 14.4 Å². The molecule has 0 bridgehead atoms. The van der Waals surface area contributed by atoms with Crippen LogP contribution in [0.3, 0.4) is 0 Å². The van der Waals surface area contributed by atoms with Gasteiger partial charge in [0.05, 0.1) is 19.6 Å². The van der Waals surface area contributed by atoms with Gasteiger partial charge in [-0.1, -0.05) is 37.3 Å². The van der Waals surface area contributed by atoms with Gasteiger partial charge in [0, 0.05) is 24.3 Å². The molecule has 1 amide bonds. The number of carbonyl (C=O) groups is 3. The van der Waals surface area contributed by atoms with Crippen molar-refractivity contribution in [2.45, 2.75) is 53.5 Å². The van der Waals surface area contributed by atoms with Gasteiger partial charge in [-0.05, 0) is 45.2 Å². The zero-order valence-electron chi connectivity index (χ0n) is 18.8. The summed E-state index contributed by atoms with van der Waals surface area (Å²) in [5.74, 6) is -0.972. The summed E-state index contributed by atoms with van der Waals surface area (Å²) in [6.45, 7) is 10.3. The van der Waals surface area contributed by atoms with Crippen LogP contribution in [0.1, 0.15) is 70.8 Å². The Kier molecular flexibility index (Phi) is 7.98. The molecule has 2 rings (SSSR count). The van der Waals surface area contributed by atoms with Gasteiger partial charge in [0.25, 0.3) is 0 Å². The van der Waals surface area contributed by atoms with E-state index in [0.717, 1.165) is 11.3 Å². The van der Waals surface area contributed by atoms with Crippen LogP contribution in [-0.4, -0.2) is 47.3 Å². The molecule has 1 aromatic heterocycles. The fourth-order valence-corrected chi connectivity index (χ4v) is 4.12. The molecular formula is C24H32N2O4. The minimum Gasteiger partial charge on any atom is -0.464 e. The lowest BCUT2D eigenvalue weighted by atomic mass is 9.94. The first-order valence-corrected chi connectivity index (χ1v) is 10.5. The number of Topliss-reactive ketones (excluding diaryl/α,β-unsaturated/α-hetero) is 1. The van der Waals surface area contributed by atoms with Gasteiger partial charge < -0.3 is 14.2 Å². The second-order valence-electron chi connectivity index (χ2n) is 7.32. The number of hydrogen-bond acceptors (Lipinski definition) is 4. The standard InChI is InChI=1S/C24H32N2O4/c1-7-19(18-13-11-10-12-14-18)23(28)25(8-2)15-20(27)21-16(4)22(24(29)30-6)26(9-3)17(21)5/h10-14,19H,7-9,15H2,1-6H3/t19-/m0/s1. The minimum atomic E-state index is -0.463. The van der Waals surface area contributed by atoms with E-state index in [1.807, 2.05) is 58.0 Å². The Morgan fingerprint density at radius 1 is 1.07 bits per heavy atom. The van der Waals surface area contributed by atoms with Crippen LogP contribution in [0.4, 0.5) is 0 Å². The van der Waals surface area contributed by atoms with Crippen molar-refractivity contribution in [1.82, 2.24) is 9.47 Å². The number of rotatable bonds is 9. The molecule has 1 aromatic carbocycles. The van der Waals surface area contributed by atoms with Crippen LogP contribution in [0.15, 0.2) is 30.3 Å². The number of amides is 1. The van der Waals surface area contributed by atoms with Crippen LogP contribution < -0.4 is 0 Å². The average molecular weight is 413 g/mol. The molecule has 1 heterocycles. The van der Waals surface area contributed by atoms with Gasteiger partial charge in [-0.25, -0.2) is 4.79 Å². The van der Waals surface area contributed by atoms with Crippen molar-refractivity contribution >= 4 is 17.7 Å². The number of methoxy groups -OCH3 is 1. The summed E-state index contributed by atoms with van der Waals surface area (Å²) in [6.07, 6.45) is 0.657.